The lowest BCUT2D eigenvalue weighted by Gasteiger charge is -1.99. The van der Waals surface area contributed by atoms with Crippen molar-refractivity contribution in [3.05, 3.63) is 0 Å². The minimum atomic E-state index is -3.92. The standard InChI is InChI=1S/C4H10O5S.2H3N/c1-3-7-9-10(5,6)8-4-2;;/h3-4H2,1-2H3;2*1H3. The van der Waals surface area contributed by atoms with Crippen molar-refractivity contribution in [3.63, 3.8) is 0 Å². The lowest BCUT2D eigenvalue weighted by atomic mass is 10.9. The Labute approximate surface area is 72.4 Å². The Morgan fingerprint density at radius 3 is 1.92 bits per heavy atom. The van der Waals surface area contributed by atoms with Gasteiger partial charge in [-0.05, 0) is 13.8 Å². The molecule has 7 nitrogen and oxygen atoms in total. The van der Waals surface area contributed by atoms with Crippen molar-refractivity contribution in [1.29, 1.82) is 0 Å². The van der Waals surface area contributed by atoms with Gasteiger partial charge in [0.1, 0.15) is 0 Å². The monoisotopic (exact) mass is 204 g/mol. The van der Waals surface area contributed by atoms with Crippen LogP contribution >= 0.6 is 0 Å². The SMILES string of the molecule is CCOOS(=O)(=O)OCC.N.N. The summed E-state index contributed by atoms with van der Waals surface area (Å²) in [6, 6.07) is 0. The van der Waals surface area contributed by atoms with Crippen LogP contribution in [0.2, 0.25) is 0 Å². The van der Waals surface area contributed by atoms with Crippen LogP contribution < -0.4 is 12.3 Å². The first-order valence-corrected chi connectivity index (χ1v) is 4.16. The molecule has 12 heavy (non-hydrogen) atoms. The van der Waals surface area contributed by atoms with Crippen molar-refractivity contribution < 1.29 is 21.8 Å². The van der Waals surface area contributed by atoms with Gasteiger partial charge in [-0.2, -0.15) is 8.42 Å². The van der Waals surface area contributed by atoms with Crippen LogP contribution in [0.4, 0.5) is 0 Å². The van der Waals surface area contributed by atoms with E-state index >= 15 is 0 Å². The van der Waals surface area contributed by atoms with Gasteiger partial charge in [0, 0.05) is 0 Å². The van der Waals surface area contributed by atoms with E-state index in [9.17, 15) is 8.42 Å². The van der Waals surface area contributed by atoms with Gasteiger partial charge in [0.25, 0.3) is 0 Å². The molecular weight excluding hydrogens is 188 g/mol. The van der Waals surface area contributed by atoms with E-state index in [1.807, 2.05) is 0 Å². The van der Waals surface area contributed by atoms with E-state index < -0.39 is 10.4 Å². The fourth-order valence-corrected chi connectivity index (χ4v) is 0.813. The molecule has 6 N–H and O–H groups in total. The Kier molecular flexibility index (Phi) is 13.1. The van der Waals surface area contributed by atoms with Crippen LogP contribution in [0.3, 0.4) is 0 Å². The molecule has 8 heteroatoms. The summed E-state index contributed by atoms with van der Waals surface area (Å²) < 4.78 is 28.9. The summed E-state index contributed by atoms with van der Waals surface area (Å²) in [7, 11) is -3.92. The first kappa shape index (κ1) is 17.7. The molecule has 0 unspecified atom stereocenters. The van der Waals surface area contributed by atoms with Gasteiger partial charge < -0.3 is 12.3 Å². The quantitative estimate of drug-likeness (QED) is 0.493. The summed E-state index contributed by atoms with van der Waals surface area (Å²) >= 11 is 0. The molecule has 0 saturated heterocycles. The molecule has 0 aromatic rings. The van der Waals surface area contributed by atoms with Crippen molar-refractivity contribution in [2.24, 2.45) is 0 Å². The fourth-order valence-electron chi connectivity index (χ4n) is 0.271. The van der Waals surface area contributed by atoms with Gasteiger partial charge in [0.05, 0.1) is 13.2 Å². The highest BCUT2D eigenvalue weighted by atomic mass is 32.3. The average molecular weight is 204 g/mol. The topological polar surface area (TPSA) is 132 Å². The van der Waals surface area contributed by atoms with Gasteiger partial charge >= 0.3 is 10.4 Å². The largest absolute Gasteiger partial charge is 0.426 e. The van der Waals surface area contributed by atoms with Crippen LogP contribution in [-0.4, -0.2) is 21.6 Å². The van der Waals surface area contributed by atoms with E-state index in [4.69, 9.17) is 0 Å². The maximum Gasteiger partial charge on any atom is 0.426 e. The molecule has 0 aliphatic heterocycles. The van der Waals surface area contributed by atoms with Gasteiger partial charge in [0.15, 0.2) is 0 Å². The predicted octanol–water partition coefficient (Wildman–Crippen LogP) is 0.560. The predicted molar refractivity (Wildman–Crippen MR) is 43.3 cm³/mol. The molecule has 0 aliphatic rings. The molecule has 78 valence electrons. The first-order valence-electron chi connectivity index (χ1n) is 2.82. The minimum absolute atomic E-state index is 0. The number of rotatable bonds is 5. The molecule has 0 rings (SSSR count). The van der Waals surface area contributed by atoms with Crippen LogP contribution in [0.25, 0.3) is 0 Å². The zero-order chi connectivity index (χ0) is 8.04. The van der Waals surface area contributed by atoms with Crippen LogP contribution in [0.15, 0.2) is 0 Å². The van der Waals surface area contributed by atoms with Gasteiger partial charge in [-0.25, -0.2) is 9.07 Å². The van der Waals surface area contributed by atoms with E-state index in [1.54, 1.807) is 6.92 Å². The second-order valence-corrected chi connectivity index (χ2v) is 2.48. The summed E-state index contributed by atoms with van der Waals surface area (Å²) in [5.41, 5.74) is 0. The highest BCUT2D eigenvalue weighted by Crippen LogP contribution is 1.95. The van der Waals surface area contributed by atoms with Crippen LogP contribution in [-0.2, 0) is 23.8 Å². The maximum atomic E-state index is 10.4. The van der Waals surface area contributed by atoms with Crippen LogP contribution in [0, 0.1) is 0 Å². The molecule has 0 aromatic heterocycles. The Hall–Kier alpha value is -0.250. The first-order chi connectivity index (χ1) is 4.62. The molecule has 0 heterocycles. The van der Waals surface area contributed by atoms with E-state index in [2.05, 4.69) is 13.4 Å². The molecule has 0 atom stereocenters. The highest BCUT2D eigenvalue weighted by Gasteiger charge is 2.10. The summed E-state index contributed by atoms with van der Waals surface area (Å²) in [4.78, 5) is 4.14. The molecule has 0 radical (unpaired) electrons. The van der Waals surface area contributed by atoms with Gasteiger partial charge in [-0.3, -0.25) is 0 Å². The van der Waals surface area contributed by atoms with Gasteiger partial charge in [0.2, 0.25) is 0 Å². The Balaban J connectivity index is -0.000000405. The summed E-state index contributed by atoms with van der Waals surface area (Å²) in [5, 5.41) is 0. The van der Waals surface area contributed by atoms with Crippen LogP contribution in [0.5, 0.6) is 0 Å². The minimum Gasteiger partial charge on any atom is -0.344 e. The Morgan fingerprint density at radius 1 is 1.08 bits per heavy atom. The van der Waals surface area contributed by atoms with Crippen LogP contribution in [0.1, 0.15) is 13.8 Å². The zero-order valence-corrected chi connectivity index (χ0v) is 8.09. The molecule has 0 fully saturated rings. The van der Waals surface area contributed by atoms with Crippen molar-refractivity contribution >= 4 is 10.4 Å². The molecule has 0 bridgehead atoms. The number of hydrogen-bond acceptors (Lipinski definition) is 7. The van der Waals surface area contributed by atoms with E-state index in [-0.39, 0.29) is 25.5 Å². The summed E-state index contributed by atoms with van der Waals surface area (Å²) in [6.45, 7) is 3.33. The smallest absolute Gasteiger partial charge is 0.344 e. The van der Waals surface area contributed by atoms with E-state index in [1.165, 1.54) is 6.92 Å². The third-order valence-corrected chi connectivity index (χ3v) is 1.30. The van der Waals surface area contributed by atoms with Crippen molar-refractivity contribution in [3.8, 4) is 0 Å². The van der Waals surface area contributed by atoms with Gasteiger partial charge in [-0.1, -0.05) is 4.33 Å². The molecular formula is C4H16N2O5S. The van der Waals surface area contributed by atoms with Crippen molar-refractivity contribution in [1.82, 2.24) is 12.3 Å². The fraction of sp³-hybridized carbons (Fsp3) is 1.00. The summed E-state index contributed by atoms with van der Waals surface area (Å²) in [5.74, 6) is 0. The maximum absolute atomic E-state index is 10.4. The Morgan fingerprint density at radius 2 is 1.58 bits per heavy atom. The number of hydrogen-bond donors (Lipinski definition) is 2. The second kappa shape index (κ2) is 8.84. The normalized spacial score (nSPS) is 9.83. The highest BCUT2D eigenvalue weighted by molar-refractivity contribution is 7.81. The van der Waals surface area contributed by atoms with E-state index in [0.29, 0.717) is 0 Å². The van der Waals surface area contributed by atoms with E-state index in [0.717, 1.165) is 0 Å². The van der Waals surface area contributed by atoms with Gasteiger partial charge in [-0.15, -0.1) is 0 Å². The molecule has 0 amide bonds. The average Bonchev–Trinajstić information content (AvgIpc) is 1.84. The molecule has 0 saturated carbocycles. The molecule has 0 spiro atoms. The van der Waals surface area contributed by atoms with Crippen molar-refractivity contribution in [2.45, 2.75) is 13.8 Å². The molecule has 0 aromatic carbocycles. The summed E-state index contributed by atoms with van der Waals surface area (Å²) in [6.07, 6.45) is 0. The van der Waals surface area contributed by atoms with Crippen molar-refractivity contribution in [2.75, 3.05) is 13.2 Å². The molecule has 0 aliphatic carbocycles. The third kappa shape index (κ3) is 9.75. The lowest BCUT2D eigenvalue weighted by molar-refractivity contribution is -0.204. The Bertz CT molecular complexity index is 168. The zero-order valence-electron chi connectivity index (χ0n) is 7.28. The second-order valence-electron chi connectivity index (χ2n) is 1.29. The third-order valence-electron chi connectivity index (χ3n) is 0.511. The lowest BCUT2D eigenvalue weighted by Crippen LogP contribution is -2.10.